The number of nitrogens with zero attached hydrogens (tertiary/aromatic N) is 3. The van der Waals surface area contributed by atoms with Crippen LogP contribution in [-0.4, -0.2) is 59.4 Å². The number of aromatic nitrogens is 2. The third-order valence-corrected chi connectivity index (χ3v) is 8.57. The topological polar surface area (TPSA) is 150 Å². The van der Waals surface area contributed by atoms with E-state index in [0.29, 0.717) is 30.2 Å². The van der Waals surface area contributed by atoms with Gasteiger partial charge in [-0.25, -0.2) is 23.2 Å². The van der Waals surface area contributed by atoms with Crippen molar-refractivity contribution in [2.75, 3.05) is 23.8 Å². The standard InChI is InChI=1S/C27H30N4O6S/c1-3-17-14-31(27-28-12-21(13-29-27)26(34)35)15-20-11-19(7-10-23(17)20)25(33)30-24(16-32)18-5-8-22(9-6-18)38(36,37)4-2/h5-13,17,24,32H,3-4,14-16H2,1-2H3,(H,30,33)(H,34,35)/t17-,24+/m1/s1. The van der Waals surface area contributed by atoms with Crippen molar-refractivity contribution in [3.63, 3.8) is 0 Å². The molecule has 1 aliphatic heterocycles. The number of aliphatic hydroxyl groups is 1. The molecule has 0 bridgehead atoms. The molecule has 0 spiro atoms. The SMILES string of the molecule is CC[C@@H]1CN(c2ncc(C(=O)O)cn2)Cc2cc(C(=O)N[C@@H](CO)c3ccc(S(=O)(=O)CC)cc3)ccc21. The Bertz CT molecular complexity index is 1420. The second kappa shape index (κ2) is 11.3. The van der Waals surface area contributed by atoms with Gasteiger partial charge in [0.2, 0.25) is 5.95 Å². The summed E-state index contributed by atoms with van der Waals surface area (Å²) in [6, 6.07) is 11.0. The van der Waals surface area contributed by atoms with Gasteiger partial charge in [-0.15, -0.1) is 0 Å². The van der Waals surface area contributed by atoms with E-state index in [-0.39, 0.29) is 34.6 Å². The maximum Gasteiger partial charge on any atom is 0.338 e. The molecule has 0 aliphatic carbocycles. The van der Waals surface area contributed by atoms with Gasteiger partial charge in [-0.3, -0.25) is 4.79 Å². The molecule has 4 rings (SSSR count). The Morgan fingerprint density at radius 3 is 2.34 bits per heavy atom. The van der Waals surface area contributed by atoms with Crippen LogP contribution in [0.3, 0.4) is 0 Å². The van der Waals surface area contributed by atoms with E-state index in [0.717, 1.165) is 17.5 Å². The van der Waals surface area contributed by atoms with Crippen LogP contribution >= 0.6 is 0 Å². The number of benzene rings is 2. The molecule has 200 valence electrons. The lowest BCUT2D eigenvalue weighted by atomic mass is 9.87. The maximum atomic E-state index is 13.1. The fraction of sp³-hybridized carbons (Fsp3) is 0.333. The van der Waals surface area contributed by atoms with Crippen molar-refractivity contribution in [1.29, 1.82) is 0 Å². The van der Waals surface area contributed by atoms with E-state index in [1.807, 2.05) is 17.0 Å². The molecular weight excluding hydrogens is 508 g/mol. The summed E-state index contributed by atoms with van der Waals surface area (Å²) in [7, 11) is -3.35. The number of carboxylic acid groups (broad SMARTS) is 1. The number of fused-ring (bicyclic) bond motifs is 1. The van der Waals surface area contributed by atoms with Crippen molar-refractivity contribution >= 4 is 27.7 Å². The first kappa shape index (κ1) is 27.2. The van der Waals surface area contributed by atoms with Crippen LogP contribution < -0.4 is 10.2 Å². The van der Waals surface area contributed by atoms with Gasteiger partial charge >= 0.3 is 5.97 Å². The fourth-order valence-corrected chi connectivity index (χ4v) is 5.45. The second-order valence-corrected chi connectivity index (χ2v) is 11.4. The van der Waals surface area contributed by atoms with Crippen LogP contribution in [0.15, 0.2) is 59.8 Å². The van der Waals surface area contributed by atoms with E-state index >= 15 is 0 Å². The van der Waals surface area contributed by atoms with Crippen LogP contribution in [0.1, 0.15) is 69.6 Å². The fourth-order valence-electron chi connectivity index (χ4n) is 4.56. The zero-order chi connectivity index (χ0) is 27.4. The van der Waals surface area contributed by atoms with Crippen LogP contribution in [0.4, 0.5) is 5.95 Å². The number of anilines is 1. The summed E-state index contributed by atoms with van der Waals surface area (Å²) in [6.07, 6.45) is 3.42. The van der Waals surface area contributed by atoms with E-state index in [2.05, 4.69) is 22.2 Å². The van der Waals surface area contributed by atoms with E-state index in [1.165, 1.54) is 24.5 Å². The molecule has 10 nitrogen and oxygen atoms in total. The molecule has 1 aromatic heterocycles. The van der Waals surface area contributed by atoms with Crippen LogP contribution in [0.2, 0.25) is 0 Å². The second-order valence-electron chi connectivity index (χ2n) is 9.16. The molecule has 0 saturated heterocycles. The minimum absolute atomic E-state index is 0.0113. The number of aliphatic hydroxyl groups excluding tert-OH is 1. The smallest absolute Gasteiger partial charge is 0.338 e. The monoisotopic (exact) mass is 538 g/mol. The van der Waals surface area contributed by atoms with Crippen molar-refractivity contribution < 1.29 is 28.2 Å². The lowest BCUT2D eigenvalue weighted by Gasteiger charge is -2.34. The number of rotatable bonds is 9. The molecule has 0 fully saturated rings. The van der Waals surface area contributed by atoms with Gasteiger partial charge in [0.25, 0.3) is 5.91 Å². The molecule has 3 aromatic rings. The summed E-state index contributed by atoms with van der Waals surface area (Å²) in [4.78, 5) is 34.9. The van der Waals surface area contributed by atoms with Crippen LogP contribution in [0.5, 0.6) is 0 Å². The molecule has 1 aliphatic rings. The van der Waals surface area contributed by atoms with Gasteiger partial charge in [-0.1, -0.05) is 32.0 Å². The van der Waals surface area contributed by atoms with Gasteiger partial charge < -0.3 is 20.4 Å². The first-order valence-electron chi connectivity index (χ1n) is 12.3. The summed E-state index contributed by atoms with van der Waals surface area (Å²) >= 11 is 0. The number of aromatic carboxylic acids is 1. The molecule has 2 heterocycles. The molecule has 0 radical (unpaired) electrons. The highest BCUT2D eigenvalue weighted by Gasteiger charge is 2.27. The minimum Gasteiger partial charge on any atom is -0.478 e. The van der Waals surface area contributed by atoms with Gasteiger partial charge in [0.1, 0.15) is 0 Å². The predicted molar refractivity (Wildman–Crippen MR) is 141 cm³/mol. The summed E-state index contributed by atoms with van der Waals surface area (Å²) in [5, 5.41) is 21.9. The van der Waals surface area contributed by atoms with Crippen molar-refractivity contribution in [3.05, 3.63) is 82.7 Å². The first-order chi connectivity index (χ1) is 18.2. The Morgan fingerprint density at radius 1 is 1.08 bits per heavy atom. The Morgan fingerprint density at radius 2 is 1.76 bits per heavy atom. The summed E-state index contributed by atoms with van der Waals surface area (Å²) in [6.45, 7) is 4.41. The summed E-state index contributed by atoms with van der Waals surface area (Å²) < 4.78 is 24.2. The number of hydrogen-bond donors (Lipinski definition) is 3. The number of nitrogens with one attached hydrogen (secondary N) is 1. The molecule has 38 heavy (non-hydrogen) atoms. The number of sulfone groups is 1. The highest BCUT2D eigenvalue weighted by molar-refractivity contribution is 7.91. The highest BCUT2D eigenvalue weighted by atomic mass is 32.2. The molecule has 0 unspecified atom stereocenters. The molecule has 3 N–H and O–H groups in total. The van der Waals surface area contributed by atoms with Gasteiger partial charge in [-0.05, 0) is 47.4 Å². The number of carbonyl (C=O) groups is 2. The van der Waals surface area contributed by atoms with Crippen LogP contribution in [0, 0.1) is 0 Å². The number of carboxylic acids is 1. The van der Waals surface area contributed by atoms with Crippen molar-refractivity contribution in [2.45, 2.75) is 43.7 Å². The number of hydrogen-bond acceptors (Lipinski definition) is 8. The third-order valence-electron chi connectivity index (χ3n) is 6.82. The largest absolute Gasteiger partial charge is 0.478 e. The first-order valence-corrected chi connectivity index (χ1v) is 14.0. The van der Waals surface area contributed by atoms with Crippen molar-refractivity contribution in [2.24, 2.45) is 0 Å². The Balaban J connectivity index is 1.54. The van der Waals surface area contributed by atoms with Gasteiger partial charge in [0.05, 0.1) is 28.9 Å². The van der Waals surface area contributed by atoms with Crippen molar-refractivity contribution in [3.8, 4) is 0 Å². The molecule has 11 heteroatoms. The van der Waals surface area contributed by atoms with E-state index in [4.69, 9.17) is 5.11 Å². The number of amides is 1. The van der Waals surface area contributed by atoms with Crippen LogP contribution in [0.25, 0.3) is 0 Å². The lowest BCUT2D eigenvalue weighted by Crippen LogP contribution is -2.35. The van der Waals surface area contributed by atoms with E-state index < -0.39 is 21.8 Å². The average molecular weight is 539 g/mol. The minimum atomic E-state index is -3.35. The third kappa shape index (κ3) is 5.68. The van der Waals surface area contributed by atoms with Crippen molar-refractivity contribution in [1.82, 2.24) is 15.3 Å². The zero-order valence-corrected chi connectivity index (χ0v) is 22.0. The molecule has 1 amide bonds. The maximum absolute atomic E-state index is 13.1. The van der Waals surface area contributed by atoms with Gasteiger partial charge in [0, 0.05) is 37.0 Å². The Hall–Kier alpha value is -3.83. The predicted octanol–water partition coefficient (Wildman–Crippen LogP) is 2.95. The Kier molecular flexibility index (Phi) is 8.08. The average Bonchev–Trinajstić information content (AvgIpc) is 2.94. The van der Waals surface area contributed by atoms with Gasteiger partial charge in [0.15, 0.2) is 9.84 Å². The molecule has 2 aromatic carbocycles. The summed E-state index contributed by atoms with van der Waals surface area (Å²) in [5.41, 5.74) is 3.10. The van der Waals surface area contributed by atoms with Crippen LogP contribution in [-0.2, 0) is 16.4 Å². The normalized spacial score (nSPS) is 16.0. The van der Waals surface area contributed by atoms with E-state index in [1.54, 1.807) is 25.1 Å². The molecule has 2 atom stereocenters. The lowest BCUT2D eigenvalue weighted by molar-refractivity contribution is 0.0695. The Labute approximate surface area is 221 Å². The van der Waals surface area contributed by atoms with Gasteiger partial charge in [-0.2, -0.15) is 0 Å². The molecular formula is C27H30N4O6S. The van der Waals surface area contributed by atoms with E-state index in [9.17, 15) is 23.1 Å². The zero-order valence-electron chi connectivity index (χ0n) is 21.2. The summed E-state index contributed by atoms with van der Waals surface area (Å²) in [5.74, 6) is -0.874. The highest BCUT2D eigenvalue weighted by Crippen LogP contribution is 2.33. The molecule has 0 saturated carbocycles. The quantitative estimate of drug-likeness (QED) is 0.374. The number of carbonyl (C=O) groups excluding carboxylic acids is 1.